The first-order chi connectivity index (χ1) is 6.56. The van der Waals surface area contributed by atoms with E-state index in [-0.39, 0.29) is 18.0 Å². The van der Waals surface area contributed by atoms with Crippen molar-refractivity contribution in [3.8, 4) is 0 Å². The molecule has 1 rings (SSSR count). The van der Waals surface area contributed by atoms with Crippen molar-refractivity contribution in [3.63, 3.8) is 0 Å². The van der Waals surface area contributed by atoms with Crippen molar-refractivity contribution in [2.75, 3.05) is 6.54 Å². The molecule has 0 spiro atoms. The zero-order valence-electron chi connectivity index (χ0n) is 9.07. The maximum Gasteiger partial charge on any atom is 0.234 e. The van der Waals surface area contributed by atoms with Crippen molar-refractivity contribution in [1.82, 2.24) is 4.90 Å². The SMILES string of the molecule is CCC(C(N)=O)N1CCC(N)CC1C. The summed E-state index contributed by atoms with van der Waals surface area (Å²) in [6.07, 6.45) is 2.72. The van der Waals surface area contributed by atoms with Crippen LogP contribution in [0, 0.1) is 0 Å². The Morgan fingerprint density at radius 1 is 1.64 bits per heavy atom. The van der Waals surface area contributed by atoms with Gasteiger partial charge in [0, 0.05) is 18.6 Å². The number of hydrogen-bond donors (Lipinski definition) is 2. The molecule has 1 saturated heterocycles. The fourth-order valence-electron chi connectivity index (χ4n) is 2.29. The molecule has 1 amide bonds. The Kier molecular flexibility index (Phi) is 3.89. The lowest BCUT2D eigenvalue weighted by molar-refractivity contribution is -0.124. The van der Waals surface area contributed by atoms with Gasteiger partial charge in [-0.2, -0.15) is 0 Å². The van der Waals surface area contributed by atoms with E-state index in [1.54, 1.807) is 0 Å². The lowest BCUT2D eigenvalue weighted by Crippen LogP contribution is -2.54. The van der Waals surface area contributed by atoms with Gasteiger partial charge in [-0.3, -0.25) is 9.69 Å². The molecule has 3 unspecified atom stereocenters. The zero-order valence-corrected chi connectivity index (χ0v) is 9.07. The molecule has 1 aliphatic rings. The number of carbonyl (C=O) groups excluding carboxylic acids is 1. The molecule has 14 heavy (non-hydrogen) atoms. The van der Waals surface area contributed by atoms with Crippen molar-refractivity contribution in [1.29, 1.82) is 0 Å². The first kappa shape index (κ1) is 11.5. The molecule has 0 saturated carbocycles. The van der Waals surface area contributed by atoms with Gasteiger partial charge in [0.15, 0.2) is 0 Å². The standard InChI is InChI=1S/C10H21N3O/c1-3-9(10(12)14)13-5-4-8(11)6-7(13)2/h7-9H,3-6,11H2,1-2H3,(H2,12,14). The second-order valence-electron chi connectivity index (χ2n) is 4.20. The van der Waals surface area contributed by atoms with E-state index >= 15 is 0 Å². The van der Waals surface area contributed by atoms with Crippen molar-refractivity contribution in [2.24, 2.45) is 11.5 Å². The summed E-state index contributed by atoms with van der Waals surface area (Å²) in [4.78, 5) is 13.4. The smallest absolute Gasteiger partial charge is 0.234 e. The quantitative estimate of drug-likeness (QED) is 0.675. The highest BCUT2D eigenvalue weighted by Gasteiger charge is 2.30. The third kappa shape index (κ3) is 2.45. The van der Waals surface area contributed by atoms with E-state index in [1.807, 2.05) is 6.92 Å². The predicted molar refractivity (Wildman–Crippen MR) is 56.7 cm³/mol. The zero-order chi connectivity index (χ0) is 10.7. The fourth-order valence-corrected chi connectivity index (χ4v) is 2.29. The highest BCUT2D eigenvalue weighted by atomic mass is 16.1. The minimum absolute atomic E-state index is 0.113. The molecule has 0 aromatic carbocycles. The summed E-state index contributed by atoms with van der Waals surface area (Å²) in [5.74, 6) is -0.213. The van der Waals surface area contributed by atoms with Gasteiger partial charge >= 0.3 is 0 Å². The van der Waals surface area contributed by atoms with Crippen molar-refractivity contribution >= 4 is 5.91 Å². The van der Waals surface area contributed by atoms with Crippen LogP contribution in [0.1, 0.15) is 33.1 Å². The average molecular weight is 199 g/mol. The van der Waals surface area contributed by atoms with E-state index in [9.17, 15) is 4.79 Å². The fraction of sp³-hybridized carbons (Fsp3) is 0.900. The number of nitrogens with zero attached hydrogens (tertiary/aromatic N) is 1. The summed E-state index contributed by atoms with van der Waals surface area (Å²) < 4.78 is 0. The van der Waals surface area contributed by atoms with Gasteiger partial charge in [-0.05, 0) is 26.2 Å². The number of amides is 1. The first-order valence-electron chi connectivity index (χ1n) is 5.36. The van der Waals surface area contributed by atoms with E-state index < -0.39 is 0 Å². The second-order valence-corrected chi connectivity index (χ2v) is 4.20. The maximum atomic E-state index is 11.2. The van der Waals surface area contributed by atoms with Gasteiger partial charge < -0.3 is 11.5 Å². The number of primary amides is 1. The molecule has 0 aliphatic carbocycles. The van der Waals surface area contributed by atoms with Crippen LogP contribution < -0.4 is 11.5 Å². The molecule has 4 N–H and O–H groups in total. The topological polar surface area (TPSA) is 72.4 Å². The Hall–Kier alpha value is -0.610. The third-order valence-electron chi connectivity index (χ3n) is 3.08. The summed E-state index contributed by atoms with van der Waals surface area (Å²) in [5, 5.41) is 0. The van der Waals surface area contributed by atoms with Crippen LogP contribution in [-0.4, -0.2) is 35.5 Å². The van der Waals surface area contributed by atoms with E-state index in [0.717, 1.165) is 25.8 Å². The van der Waals surface area contributed by atoms with Gasteiger partial charge in [-0.25, -0.2) is 0 Å². The molecule has 82 valence electrons. The second kappa shape index (κ2) is 4.75. The van der Waals surface area contributed by atoms with Gasteiger partial charge in [0.25, 0.3) is 0 Å². The van der Waals surface area contributed by atoms with Crippen molar-refractivity contribution < 1.29 is 4.79 Å². The van der Waals surface area contributed by atoms with Crippen LogP contribution in [0.15, 0.2) is 0 Å². The monoisotopic (exact) mass is 199 g/mol. The molecule has 4 nitrogen and oxygen atoms in total. The number of likely N-dealkylation sites (tertiary alicyclic amines) is 1. The normalized spacial score (nSPS) is 31.4. The Morgan fingerprint density at radius 2 is 2.29 bits per heavy atom. The lowest BCUT2D eigenvalue weighted by atomic mass is 9.96. The van der Waals surface area contributed by atoms with Crippen LogP contribution in [0.2, 0.25) is 0 Å². The Balaban J connectivity index is 2.62. The Bertz CT molecular complexity index is 208. The van der Waals surface area contributed by atoms with E-state index in [1.165, 1.54) is 0 Å². The molecular formula is C10H21N3O. The molecule has 1 fully saturated rings. The van der Waals surface area contributed by atoms with E-state index in [4.69, 9.17) is 11.5 Å². The molecule has 0 aromatic rings. The minimum Gasteiger partial charge on any atom is -0.368 e. The van der Waals surface area contributed by atoms with Crippen molar-refractivity contribution in [3.05, 3.63) is 0 Å². The first-order valence-corrected chi connectivity index (χ1v) is 5.36. The number of carbonyl (C=O) groups is 1. The molecule has 0 bridgehead atoms. The van der Waals surface area contributed by atoms with E-state index in [0.29, 0.717) is 6.04 Å². The molecule has 1 aliphatic heterocycles. The largest absolute Gasteiger partial charge is 0.368 e. The van der Waals surface area contributed by atoms with E-state index in [2.05, 4.69) is 11.8 Å². The Labute approximate surface area is 85.6 Å². The number of piperidine rings is 1. The molecular weight excluding hydrogens is 178 g/mol. The van der Waals surface area contributed by atoms with Gasteiger partial charge in [0.05, 0.1) is 6.04 Å². The highest BCUT2D eigenvalue weighted by Crippen LogP contribution is 2.19. The number of hydrogen-bond acceptors (Lipinski definition) is 3. The number of nitrogens with two attached hydrogens (primary N) is 2. The summed E-state index contributed by atoms with van der Waals surface area (Å²) in [6, 6.07) is 0.542. The van der Waals surface area contributed by atoms with Gasteiger partial charge in [0.2, 0.25) is 5.91 Å². The van der Waals surface area contributed by atoms with Crippen LogP contribution in [0.25, 0.3) is 0 Å². The summed E-state index contributed by atoms with van der Waals surface area (Å²) >= 11 is 0. The predicted octanol–water partition coefficient (Wildman–Crippen LogP) is 0.0619. The third-order valence-corrected chi connectivity index (χ3v) is 3.08. The molecule has 3 atom stereocenters. The van der Waals surface area contributed by atoms with Crippen LogP contribution in [0.5, 0.6) is 0 Å². The number of rotatable bonds is 3. The molecule has 0 radical (unpaired) electrons. The van der Waals surface area contributed by atoms with Crippen molar-refractivity contribution in [2.45, 2.75) is 51.2 Å². The average Bonchev–Trinajstić information content (AvgIpc) is 2.09. The molecule has 4 heteroatoms. The maximum absolute atomic E-state index is 11.2. The van der Waals surface area contributed by atoms with Crippen LogP contribution in [-0.2, 0) is 4.79 Å². The lowest BCUT2D eigenvalue weighted by Gasteiger charge is -2.40. The summed E-state index contributed by atoms with van der Waals surface area (Å²) in [6.45, 7) is 5.01. The van der Waals surface area contributed by atoms with Gasteiger partial charge in [0.1, 0.15) is 0 Å². The molecule has 1 heterocycles. The summed E-state index contributed by atoms with van der Waals surface area (Å²) in [7, 11) is 0. The van der Waals surface area contributed by atoms with Gasteiger partial charge in [-0.1, -0.05) is 6.92 Å². The minimum atomic E-state index is -0.213. The Morgan fingerprint density at radius 3 is 2.71 bits per heavy atom. The van der Waals surface area contributed by atoms with Crippen LogP contribution in [0.3, 0.4) is 0 Å². The molecule has 0 aromatic heterocycles. The van der Waals surface area contributed by atoms with Crippen LogP contribution >= 0.6 is 0 Å². The van der Waals surface area contributed by atoms with Crippen LogP contribution in [0.4, 0.5) is 0 Å². The van der Waals surface area contributed by atoms with Gasteiger partial charge in [-0.15, -0.1) is 0 Å². The summed E-state index contributed by atoms with van der Waals surface area (Å²) in [5.41, 5.74) is 11.2. The highest BCUT2D eigenvalue weighted by molar-refractivity contribution is 5.79.